The number of pyridine rings is 1. The normalized spacial score (nSPS) is 16.5. The maximum Gasteiger partial charge on any atom is 0.128 e. The van der Waals surface area contributed by atoms with Gasteiger partial charge in [-0.2, -0.15) is 0 Å². The summed E-state index contributed by atoms with van der Waals surface area (Å²) in [4.78, 5) is 6.79. The smallest absolute Gasteiger partial charge is 0.128 e. The van der Waals surface area contributed by atoms with Gasteiger partial charge in [0.05, 0.1) is 25.1 Å². The fourth-order valence-electron chi connectivity index (χ4n) is 2.05. The highest BCUT2D eigenvalue weighted by molar-refractivity contribution is 5.48. The molecule has 0 atom stereocenters. The fraction of sp³-hybridized carbons (Fsp3) is 0.667. The minimum atomic E-state index is 0.369. The lowest BCUT2D eigenvalue weighted by Crippen LogP contribution is -2.36. The van der Waals surface area contributed by atoms with E-state index in [-0.39, 0.29) is 0 Å². The molecule has 1 aromatic heterocycles. The molecule has 0 unspecified atom stereocenters. The molecular formula is C15H25N3O. The third-order valence-electron chi connectivity index (χ3n) is 3.29. The predicted molar refractivity (Wildman–Crippen MR) is 79.8 cm³/mol. The molecule has 0 saturated carbocycles. The van der Waals surface area contributed by atoms with Crippen molar-refractivity contribution < 1.29 is 4.74 Å². The summed E-state index contributed by atoms with van der Waals surface area (Å²) in [5.41, 5.74) is 1.47. The Morgan fingerprint density at radius 1 is 1.26 bits per heavy atom. The summed E-state index contributed by atoms with van der Waals surface area (Å²) in [5, 5.41) is 3.43. The van der Waals surface area contributed by atoms with Gasteiger partial charge in [-0.25, -0.2) is 4.98 Å². The second-order valence-corrected chi connectivity index (χ2v) is 6.24. The van der Waals surface area contributed by atoms with Gasteiger partial charge < -0.3 is 15.0 Å². The highest BCUT2D eigenvalue weighted by Gasteiger charge is 2.12. The summed E-state index contributed by atoms with van der Waals surface area (Å²) in [6, 6.07) is 4.20. The number of nitrogens with zero attached hydrogens (tertiary/aromatic N) is 2. The van der Waals surface area contributed by atoms with Gasteiger partial charge in [0.15, 0.2) is 0 Å². The Morgan fingerprint density at radius 2 is 2.00 bits per heavy atom. The van der Waals surface area contributed by atoms with Crippen LogP contribution in [0.15, 0.2) is 18.3 Å². The quantitative estimate of drug-likeness (QED) is 0.906. The number of nitrogens with one attached hydrogen (secondary N) is 1. The van der Waals surface area contributed by atoms with Gasteiger partial charge in [-0.15, -0.1) is 0 Å². The summed E-state index contributed by atoms with van der Waals surface area (Å²) in [5.74, 6) is 1.05. The minimum Gasteiger partial charge on any atom is -0.384 e. The molecule has 0 amide bonds. The van der Waals surface area contributed by atoms with E-state index in [0.29, 0.717) is 5.41 Å². The van der Waals surface area contributed by atoms with E-state index in [0.717, 1.165) is 50.8 Å². The molecule has 0 radical (unpaired) electrons. The first-order valence-electron chi connectivity index (χ1n) is 7.07. The maximum absolute atomic E-state index is 5.35. The lowest BCUT2D eigenvalue weighted by molar-refractivity contribution is 0.122. The Hall–Kier alpha value is -1.29. The Balaban J connectivity index is 1.84. The largest absolute Gasteiger partial charge is 0.384 e. The van der Waals surface area contributed by atoms with Gasteiger partial charge in [0.1, 0.15) is 5.82 Å². The molecule has 0 spiro atoms. The van der Waals surface area contributed by atoms with Gasteiger partial charge in [0, 0.05) is 19.6 Å². The minimum absolute atomic E-state index is 0.369. The average molecular weight is 263 g/mol. The zero-order valence-electron chi connectivity index (χ0n) is 12.3. The van der Waals surface area contributed by atoms with E-state index in [1.807, 2.05) is 6.20 Å². The Bertz CT molecular complexity index is 377. The van der Waals surface area contributed by atoms with Gasteiger partial charge in [-0.1, -0.05) is 20.8 Å². The van der Waals surface area contributed by atoms with Crippen molar-refractivity contribution in [2.45, 2.75) is 27.2 Å². The predicted octanol–water partition coefficient (Wildman–Crippen LogP) is 2.77. The van der Waals surface area contributed by atoms with Crippen LogP contribution < -0.4 is 10.2 Å². The maximum atomic E-state index is 5.35. The van der Waals surface area contributed by atoms with E-state index in [1.54, 1.807) is 0 Å². The summed E-state index contributed by atoms with van der Waals surface area (Å²) < 4.78 is 5.35. The number of hydrogen-bond acceptors (Lipinski definition) is 4. The fourth-order valence-corrected chi connectivity index (χ4v) is 2.05. The lowest BCUT2D eigenvalue weighted by atomic mass is 9.92. The van der Waals surface area contributed by atoms with Crippen LogP contribution >= 0.6 is 0 Å². The molecule has 1 aliphatic heterocycles. The van der Waals surface area contributed by atoms with E-state index in [2.05, 4.69) is 48.1 Å². The molecule has 1 aromatic rings. The summed E-state index contributed by atoms with van der Waals surface area (Å²) in [6.07, 6.45) is 3.08. The van der Waals surface area contributed by atoms with Crippen molar-refractivity contribution in [1.82, 2.24) is 4.98 Å². The van der Waals surface area contributed by atoms with Gasteiger partial charge in [-0.3, -0.25) is 0 Å². The van der Waals surface area contributed by atoms with Crippen LogP contribution in [0.2, 0.25) is 0 Å². The number of morpholine rings is 1. The highest BCUT2D eigenvalue weighted by Crippen LogP contribution is 2.19. The topological polar surface area (TPSA) is 37.4 Å². The molecule has 19 heavy (non-hydrogen) atoms. The number of ether oxygens (including phenoxy) is 1. The second-order valence-electron chi connectivity index (χ2n) is 6.24. The van der Waals surface area contributed by atoms with Crippen molar-refractivity contribution >= 4 is 11.5 Å². The van der Waals surface area contributed by atoms with E-state index in [4.69, 9.17) is 4.74 Å². The van der Waals surface area contributed by atoms with Crippen LogP contribution in [-0.2, 0) is 4.74 Å². The van der Waals surface area contributed by atoms with Crippen molar-refractivity contribution in [3.8, 4) is 0 Å². The molecule has 0 bridgehead atoms. The zero-order chi connectivity index (χ0) is 13.7. The van der Waals surface area contributed by atoms with E-state index < -0.39 is 0 Å². The van der Waals surface area contributed by atoms with Crippen LogP contribution in [0.4, 0.5) is 11.5 Å². The van der Waals surface area contributed by atoms with E-state index in [9.17, 15) is 0 Å². The number of rotatable bonds is 4. The molecule has 1 aliphatic rings. The van der Waals surface area contributed by atoms with Crippen LogP contribution in [0.25, 0.3) is 0 Å². The second kappa shape index (κ2) is 6.24. The first-order valence-corrected chi connectivity index (χ1v) is 7.07. The summed E-state index contributed by atoms with van der Waals surface area (Å²) >= 11 is 0. The van der Waals surface area contributed by atoms with Crippen LogP contribution in [0, 0.1) is 5.41 Å². The van der Waals surface area contributed by atoms with E-state index in [1.165, 1.54) is 0 Å². The molecule has 0 aliphatic carbocycles. The lowest BCUT2D eigenvalue weighted by Gasteiger charge is -2.27. The first-order chi connectivity index (χ1) is 9.04. The molecule has 4 nitrogen and oxygen atoms in total. The molecule has 0 aromatic carbocycles. The van der Waals surface area contributed by atoms with Crippen molar-refractivity contribution in [2.24, 2.45) is 5.41 Å². The van der Waals surface area contributed by atoms with E-state index >= 15 is 0 Å². The Morgan fingerprint density at radius 3 is 2.58 bits per heavy atom. The third-order valence-corrected chi connectivity index (χ3v) is 3.29. The molecule has 106 valence electrons. The van der Waals surface area contributed by atoms with Crippen molar-refractivity contribution in [3.05, 3.63) is 18.3 Å². The number of aromatic nitrogens is 1. The molecule has 1 N–H and O–H groups in total. The van der Waals surface area contributed by atoms with Crippen LogP contribution in [0.1, 0.15) is 27.2 Å². The van der Waals surface area contributed by atoms with Gasteiger partial charge in [0.2, 0.25) is 0 Å². The van der Waals surface area contributed by atoms with Crippen molar-refractivity contribution in [3.63, 3.8) is 0 Å². The monoisotopic (exact) mass is 263 g/mol. The van der Waals surface area contributed by atoms with Crippen molar-refractivity contribution in [1.29, 1.82) is 0 Å². The van der Waals surface area contributed by atoms with Crippen molar-refractivity contribution in [2.75, 3.05) is 43.1 Å². The van der Waals surface area contributed by atoms with Gasteiger partial charge in [-0.05, 0) is 24.0 Å². The number of hydrogen-bond donors (Lipinski definition) is 1. The van der Waals surface area contributed by atoms with Crippen LogP contribution in [0.5, 0.6) is 0 Å². The Labute approximate surface area is 116 Å². The molecule has 1 saturated heterocycles. The molecule has 4 heteroatoms. The van der Waals surface area contributed by atoms with Gasteiger partial charge in [0.25, 0.3) is 0 Å². The van der Waals surface area contributed by atoms with Gasteiger partial charge >= 0.3 is 0 Å². The molecule has 1 fully saturated rings. The Kier molecular flexibility index (Phi) is 4.64. The SMILES string of the molecule is CC(C)(C)CCNc1ccc(N2CCOCC2)nc1. The summed E-state index contributed by atoms with van der Waals surface area (Å²) in [7, 11) is 0. The molecular weight excluding hydrogens is 238 g/mol. The highest BCUT2D eigenvalue weighted by atomic mass is 16.5. The average Bonchev–Trinajstić information content (AvgIpc) is 2.39. The molecule has 2 rings (SSSR count). The van der Waals surface area contributed by atoms with Crippen LogP contribution in [-0.4, -0.2) is 37.8 Å². The standard InChI is InChI=1S/C15H25N3O/c1-15(2,3)6-7-16-13-4-5-14(17-12-13)18-8-10-19-11-9-18/h4-5,12,16H,6-11H2,1-3H3. The third kappa shape index (κ3) is 4.71. The molecule has 2 heterocycles. The summed E-state index contributed by atoms with van der Waals surface area (Å²) in [6.45, 7) is 11.2. The zero-order valence-corrected chi connectivity index (χ0v) is 12.3. The van der Waals surface area contributed by atoms with Crippen LogP contribution in [0.3, 0.4) is 0 Å². The first kappa shape index (κ1) is 14.1. The number of anilines is 2.